The number of nitrogens with one attached hydrogen (secondary N) is 1. The van der Waals surface area contributed by atoms with Gasteiger partial charge in [0.2, 0.25) is 5.91 Å². The first-order valence-corrected chi connectivity index (χ1v) is 8.73. The number of carbonyl (C=O) groups is 1. The van der Waals surface area contributed by atoms with Crippen LogP contribution in [0.4, 0.5) is 0 Å². The molecule has 1 amide bonds. The number of nitrogens with zero attached hydrogens (tertiary/aromatic N) is 3. The Kier molecular flexibility index (Phi) is 5.76. The van der Waals surface area contributed by atoms with E-state index >= 15 is 0 Å². The number of carbonyl (C=O) groups excluding carboxylic acids is 1. The van der Waals surface area contributed by atoms with E-state index < -0.39 is 0 Å². The third-order valence-corrected chi connectivity index (χ3v) is 4.32. The minimum absolute atomic E-state index is 0.0507. The summed E-state index contributed by atoms with van der Waals surface area (Å²) in [5, 5.41) is 3.01. The van der Waals surface area contributed by atoms with Crippen LogP contribution in [-0.4, -0.2) is 28.0 Å². The molecule has 0 unspecified atom stereocenters. The Morgan fingerprint density at radius 3 is 2.48 bits per heavy atom. The van der Waals surface area contributed by atoms with E-state index in [1.54, 1.807) is 25.7 Å². The van der Waals surface area contributed by atoms with Crippen molar-refractivity contribution in [2.24, 2.45) is 0 Å². The molecule has 0 aliphatic heterocycles. The second kappa shape index (κ2) is 8.40. The highest BCUT2D eigenvalue weighted by molar-refractivity contribution is 5.79. The molecule has 1 atom stereocenters. The number of ether oxygens (including phenoxy) is 1. The lowest BCUT2D eigenvalue weighted by Gasteiger charge is -2.16. The van der Waals surface area contributed by atoms with Crippen LogP contribution in [0.3, 0.4) is 0 Å². The highest BCUT2D eigenvalue weighted by Gasteiger charge is 2.14. The van der Waals surface area contributed by atoms with E-state index in [1.807, 2.05) is 50.2 Å². The molecule has 0 spiro atoms. The lowest BCUT2D eigenvalue weighted by molar-refractivity contribution is -0.121. The summed E-state index contributed by atoms with van der Waals surface area (Å²) in [4.78, 5) is 25.4. The average Bonchev–Trinajstić information content (AvgIpc) is 2.69. The molecule has 6 nitrogen and oxygen atoms in total. The minimum Gasteiger partial charge on any atom is -0.497 e. The van der Waals surface area contributed by atoms with Gasteiger partial charge in [-0.3, -0.25) is 9.78 Å². The Hall–Kier alpha value is -3.28. The molecule has 0 saturated carbocycles. The summed E-state index contributed by atoms with van der Waals surface area (Å²) < 4.78 is 5.13. The smallest absolute Gasteiger partial charge is 0.224 e. The Morgan fingerprint density at radius 1 is 1.15 bits per heavy atom. The van der Waals surface area contributed by atoms with Crippen LogP contribution < -0.4 is 10.1 Å². The first-order chi connectivity index (χ1) is 13.1. The summed E-state index contributed by atoms with van der Waals surface area (Å²) >= 11 is 0. The standard InChI is InChI=1S/C21H22N4O2/c1-14(24-20(26)12-16-4-6-18(27-3)7-5-16)19-13-23-21(25-15(19)2)17-8-10-22-11-9-17/h4-11,13-14H,12H2,1-3H3,(H,24,26)/t14-/m1/s1. The molecule has 27 heavy (non-hydrogen) atoms. The maximum atomic E-state index is 12.4. The van der Waals surface area contributed by atoms with E-state index in [0.29, 0.717) is 12.2 Å². The number of aryl methyl sites for hydroxylation is 1. The maximum Gasteiger partial charge on any atom is 0.224 e. The molecule has 3 rings (SSSR count). The Morgan fingerprint density at radius 2 is 1.85 bits per heavy atom. The zero-order chi connectivity index (χ0) is 19.2. The van der Waals surface area contributed by atoms with Crippen molar-refractivity contribution in [2.45, 2.75) is 26.3 Å². The number of hydrogen-bond acceptors (Lipinski definition) is 5. The predicted molar refractivity (Wildman–Crippen MR) is 103 cm³/mol. The monoisotopic (exact) mass is 362 g/mol. The van der Waals surface area contributed by atoms with E-state index in [4.69, 9.17) is 4.74 Å². The fourth-order valence-corrected chi connectivity index (χ4v) is 2.84. The number of methoxy groups -OCH3 is 1. The number of aromatic nitrogens is 3. The molecule has 0 saturated heterocycles. The van der Waals surface area contributed by atoms with Crippen LogP contribution in [-0.2, 0) is 11.2 Å². The molecule has 0 aliphatic carbocycles. The van der Waals surface area contributed by atoms with Crippen molar-refractivity contribution in [1.82, 2.24) is 20.3 Å². The molecule has 0 aliphatic rings. The van der Waals surface area contributed by atoms with Crippen molar-refractivity contribution < 1.29 is 9.53 Å². The molecule has 2 aromatic heterocycles. The van der Waals surface area contributed by atoms with E-state index in [-0.39, 0.29) is 11.9 Å². The summed E-state index contributed by atoms with van der Waals surface area (Å²) in [6.45, 7) is 3.86. The molecule has 0 fully saturated rings. The summed E-state index contributed by atoms with van der Waals surface area (Å²) in [6.07, 6.45) is 5.51. The van der Waals surface area contributed by atoms with Gasteiger partial charge < -0.3 is 10.1 Å². The zero-order valence-corrected chi connectivity index (χ0v) is 15.6. The van der Waals surface area contributed by atoms with Crippen LogP contribution in [0.2, 0.25) is 0 Å². The molecular formula is C21H22N4O2. The number of hydrogen-bond donors (Lipinski definition) is 1. The van der Waals surface area contributed by atoms with Crippen molar-refractivity contribution in [3.63, 3.8) is 0 Å². The first-order valence-electron chi connectivity index (χ1n) is 8.73. The molecule has 6 heteroatoms. The minimum atomic E-state index is -0.178. The molecular weight excluding hydrogens is 340 g/mol. The highest BCUT2D eigenvalue weighted by Crippen LogP contribution is 2.19. The van der Waals surface area contributed by atoms with Crippen LogP contribution in [0, 0.1) is 6.92 Å². The lowest BCUT2D eigenvalue weighted by atomic mass is 10.1. The molecule has 3 aromatic rings. The number of amides is 1. The topological polar surface area (TPSA) is 77.0 Å². The fraction of sp³-hybridized carbons (Fsp3) is 0.238. The van der Waals surface area contributed by atoms with Gasteiger partial charge in [-0.25, -0.2) is 9.97 Å². The molecule has 1 N–H and O–H groups in total. The van der Waals surface area contributed by atoms with E-state index in [2.05, 4.69) is 20.3 Å². The third kappa shape index (κ3) is 4.67. The maximum absolute atomic E-state index is 12.4. The quantitative estimate of drug-likeness (QED) is 0.728. The van der Waals surface area contributed by atoms with Crippen molar-refractivity contribution in [3.8, 4) is 17.1 Å². The fourth-order valence-electron chi connectivity index (χ4n) is 2.84. The third-order valence-electron chi connectivity index (χ3n) is 4.32. The molecule has 1 aromatic carbocycles. The van der Waals surface area contributed by atoms with Gasteiger partial charge in [-0.2, -0.15) is 0 Å². The number of pyridine rings is 1. The van der Waals surface area contributed by atoms with Gasteiger partial charge in [0.25, 0.3) is 0 Å². The van der Waals surface area contributed by atoms with Gasteiger partial charge in [0.1, 0.15) is 5.75 Å². The van der Waals surface area contributed by atoms with Gasteiger partial charge in [-0.15, -0.1) is 0 Å². The summed E-state index contributed by atoms with van der Waals surface area (Å²) in [7, 11) is 1.62. The lowest BCUT2D eigenvalue weighted by Crippen LogP contribution is -2.28. The van der Waals surface area contributed by atoms with E-state index in [0.717, 1.165) is 28.1 Å². The van der Waals surface area contributed by atoms with Crippen molar-refractivity contribution in [1.29, 1.82) is 0 Å². The summed E-state index contributed by atoms with van der Waals surface area (Å²) in [6, 6.07) is 11.0. The highest BCUT2D eigenvalue weighted by atomic mass is 16.5. The van der Waals surface area contributed by atoms with Crippen LogP contribution in [0.25, 0.3) is 11.4 Å². The van der Waals surface area contributed by atoms with Crippen molar-refractivity contribution in [3.05, 3.63) is 71.8 Å². The molecule has 138 valence electrons. The normalized spacial score (nSPS) is 11.7. The SMILES string of the molecule is COc1ccc(CC(=O)N[C@H](C)c2cnc(-c3ccncc3)nc2C)cc1. The Bertz CT molecular complexity index is 911. The molecule has 0 bridgehead atoms. The zero-order valence-electron chi connectivity index (χ0n) is 15.6. The predicted octanol–water partition coefficient (Wildman–Crippen LogP) is 3.28. The number of benzene rings is 1. The first kappa shape index (κ1) is 18.5. The van der Waals surface area contributed by atoms with Gasteiger partial charge in [0.15, 0.2) is 5.82 Å². The average molecular weight is 362 g/mol. The van der Waals surface area contributed by atoms with Crippen LogP contribution in [0.5, 0.6) is 5.75 Å². The van der Waals surface area contributed by atoms with Crippen LogP contribution in [0.15, 0.2) is 55.0 Å². The van der Waals surface area contributed by atoms with Gasteiger partial charge in [0.05, 0.1) is 19.6 Å². The van der Waals surface area contributed by atoms with E-state index in [9.17, 15) is 4.79 Å². The Labute approximate surface area is 158 Å². The number of rotatable bonds is 6. The second-order valence-corrected chi connectivity index (χ2v) is 6.28. The van der Waals surface area contributed by atoms with E-state index in [1.165, 1.54) is 0 Å². The van der Waals surface area contributed by atoms with Gasteiger partial charge in [-0.1, -0.05) is 12.1 Å². The molecule has 2 heterocycles. The van der Waals surface area contributed by atoms with Gasteiger partial charge in [0, 0.05) is 35.4 Å². The van der Waals surface area contributed by atoms with Gasteiger partial charge in [-0.05, 0) is 43.7 Å². The Balaban J connectivity index is 1.66. The van der Waals surface area contributed by atoms with Crippen LogP contribution >= 0.6 is 0 Å². The second-order valence-electron chi connectivity index (χ2n) is 6.28. The molecule has 0 radical (unpaired) electrons. The summed E-state index contributed by atoms with van der Waals surface area (Å²) in [5.41, 5.74) is 3.59. The van der Waals surface area contributed by atoms with Gasteiger partial charge >= 0.3 is 0 Å². The van der Waals surface area contributed by atoms with Crippen LogP contribution in [0.1, 0.15) is 29.8 Å². The largest absolute Gasteiger partial charge is 0.497 e. The van der Waals surface area contributed by atoms with Crippen molar-refractivity contribution in [2.75, 3.05) is 7.11 Å². The van der Waals surface area contributed by atoms with Crippen molar-refractivity contribution >= 4 is 5.91 Å². The summed E-state index contributed by atoms with van der Waals surface area (Å²) in [5.74, 6) is 1.37.